The summed E-state index contributed by atoms with van der Waals surface area (Å²) in [6.07, 6.45) is 1.63. The molecule has 0 saturated carbocycles. The van der Waals surface area contributed by atoms with Crippen LogP contribution in [0, 0.1) is 5.82 Å². The Bertz CT molecular complexity index is 810. The number of halogens is 2. The molecule has 0 spiro atoms. The number of hydrogen-bond acceptors (Lipinski definition) is 2. The highest BCUT2D eigenvalue weighted by atomic mass is 127. The van der Waals surface area contributed by atoms with Crippen molar-refractivity contribution in [1.29, 1.82) is 0 Å². The zero-order valence-electron chi connectivity index (χ0n) is 16.0. The van der Waals surface area contributed by atoms with Crippen molar-refractivity contribution in [1.82, 2.24) is 15.5 Å². The molecule has 0 atom stereocenters. The van der Waals surface area contributed by atoms with Crippen molar-refractivity contribution in [2.45, 2.75) is 32.5 Å². The Morgan fingerprint density at radius 1 is 1.07 bits per heavy atom. The lowest BCUT2D eigenvalue weighted by molar-refractivity contribution is -0.128. The second kappa shape index (κ2) is 11.0. The van der Waals surface area contributed by atoms with Crippen LogP contribution in [0.3, 0.4) is 0 Å². The van der Waals surface area contributed by atoms with Crippen LogP contribution in [-0.4, -0.2) is 30.4 Å². The van der Waals surface area contributed by atoms with Crippen LogP contribution in [0.1, 0.15) is 29.5 Å². The van der Waals surface area contributed by atoms with Gasteiger partial charge in [-0.1, -0.05) is 36.4 Å². The van der Waals surface area contributed by atoms with Crippen molar-refractivity contribution < 1.29 is 9.18 Å². The minimum absolute atomic E-state index is 0. The molecular formula is C21H26FIN4O. The molecule has 0 aliphatic carbocycles. The van der Waals surface area contributed by atoms with Gasteiger partial charge in [-0.2, -0.15) is 0 Å². The van der Waals surface area contributed by atoms with Gasteiger partial charge < -0.3 is 15.5 Å². The van der Waals surface area contributed by atoms with Crippen molar-refractivity contribution >= 4 is 35.8 Å². The molecule has 2 aromatic rings. The van der Waals surface area contributed by atoms with Gasteiger partial charge in [-0.25, -0.2) is 4.39 Å². The molecule has 0 radical (unpaired) electrons. The number of carbonyl (C=O) groups is 1. The Labute approximate surface area is 182 Å². The van der Waals surface area contributed by atoms with Gasteiger partial charge in [0.1, 0.15) is 5.82 Å². The van der Waals surface area contributed by atoms with E-state index < -0.39 is 0 Å². The zero-order chi connectivity index (χ0) is 19.1. The molecule has 0 aromatic heterocycles. The highest BCUT2D eigenvalue weighted by Gasteiger charge is 2.19. The first-order chi connectivity index (χ1) is 13.1. The summed E-state index contributed by atoms with van der Waals surface area (Å²) in [6.45, 7) is 2.67. The number of guanidine groups is 1. The second-order valence-electron chi connectivity index (χ2n) is 6.64. The van der Waals surface area contributed by atoms with Gasteiger partial charge in [-0.15, -0.1) is 24.0 Å². The monoisotopic (exact) mass is 496 g/mol. The highest BCUT2D eigenvalue weighted by Crippen LogP contribution is 2.14. The molecular weight excluding hydrogens is 470 g/mol. The zero-order valence-corrected chi connectivity index (χ0v) is 18.3. The van der Waals surface area contributed by atoms with E-state index in [1.165, 1.54) is 12.1 Å². The number of amides is 1. The van der Waals surface area contributed by atoms with E-state index >= 15 is 0 Å². The van der Waals surface area contributed by atoms with Gasteiger partial charge in [-0.05, 0) is 35.2 Å². The van der Waals surface area contributed by atoms with Crippen molar-refractivity contribution in [3.63, 3.8) is 0 Å². The van der Waals surface area contributed by atoms with Gasteiger partial charge in [0, 0.05) is 39.6 Å². The Hall–Kier alpha value is -2.16. The van der Waals surface area contributed by atoms with E-state index in [0.29, 0.717) is 32.0 Å². The quantitative estimate of drug-likeness (QED) is 0.366. The van der Waals surface area contributed by atoms with Gasteiger partial charge in [0.15, 0.2) is 5.96 Å². The molecule has 0 bridgehead atoms. The molecule has 5 nitrogen and oxygen atoms in total. The molecule has 2 aromatic carbocycles. The molecule has 7 heteroatoms. The number of aliphatic imine (C=N–C) groups is 1. The van der Waals surface area contributed by atoms with Crippen LogP contribution < -0.4 is 10.6 Å². The number of nitrogens with one attached hydrogen (secondary N) is 2. The van der Waals surface area contributed by atoms with Crippen LogP contribution in [0.4, 0.5) is 4.39 Å². The normalized spacial score (nSPS) is 14.0. The molecule has 0 unspecified atom stereocenters. The average Bonchev–Trinajstić information content (AvgIpc) is 3.08. The van der Waals surface area contributed by atoms with E-state index in [2.05, 4.69) is 39.9 Å². The van der Waals surface area contributed by atoms with Crippen molar-refractivity contribution in [2.75, 3.05) is 13.6 Å². The highest BCUT2D eigenvalue weighted by molar-refractivity contribution is 14.0. The molecule has 1 amide bonds. The molecule has 150 valence electrons. The number of rotatable bonds is 6. The number of carbonyl (C=O) groups excluding carboxylic acids is 1. The summed E-state index contributed by atoms with van der Waals surface area (Å²) in [5.41, 5.74) is 3.13. The molecule has 1 aliphatic heterocycles. The fourth-order valence-corrected chi connectivity index (χ4v) is 3.09. The Kier molecular flexibility index (Phi) is 8.69. The van der Waals surface area contributed by atoms with E-state index in [-0.39, 0.29) is 35.7 Å². The third-order valence-corrected chi connectivity index (χ3v) is 4.60. The first-order valence-corrected chi connectivity index (χ1v) is 9.18. The molecule has 2 N–H and O–H groups in total. The van der Waals surface area contributed by atoms with Crippen LogP contribution in [0.5, 0.6) is 0 Å². The van der Waals surface area contributed by atoms with Crippen LogP contribution >= 0.6 is 24.0 Å². The lowest BCUT2D eigenvalue weighted by atomic mass is 10.1. The predicted molar refractivity (Wildman–Crippen MR) is 120 cm³/mol. The summed E-state index contributed by atoms with van der Waals surface area (Å²) >= 11 is 0. The fraction of sp³-hybridized carbons (Fsp3) is 0.333. The van der Waals surface area contributed by atoms with Crippen molar-refractivity contribution in [2.24, 2.45) is 4.99 Å². The van der Waals surface area contributed by atoms with E-state index in [1.807, 2.05) is 11.0 Å². The Morgan fingerprint density at radius 2 is 1.75 bits per heavy atom. The molecule has 1 aliphatic rings. The summed E-state index contributed by atoms with van der Waals surface area (Å²) in [4.78, 5) is 17.8. The lowest BCUT2D eigenvalue weighted by Gasteiger charge is -2.16. The Morgan fingerprint density at radius 3 is 2.36 bits per heavy atom. The number of nitrogens with zero attached hydrogens (tertiary/aromatic N) is 2. The van der Waals surface area contributed by atoms with Gasteiger partial charge >= 0.3 is 0 Å². The number of likely N-dealkylation sites (tertiary alicyclic amines) is 1. The van der Waals surface area contributed by atoms with E-state index in [9.17, 15) is 9.18 Å². The first kappa shape index (κ1) is 22.1. The fourth-order valence-electron chi connectivity index (χ4n) is 3.09. The van der Waals surface area contributed by atoms with Crippen LogP contribution in [0.15, 0.2) is 53.5 Å². The van der Waals surface area contributed by atoms with Crippen LogP contribution in [0.25, 0.3) is 0 Å². The molecule has 1 heterocycles. The summed E-state index contributed by atoms with van der Waals surface area (Å²) in [5, 5.41) is 6.43. The van der Waals surface area contributed by atoms with Crippen molar-refractivity contribution in [3.8, 4) is 0 Å². The third-order valence-electron chi connectivity index (χ3n) is 4.60. The SMILES string of the molecule is CN=C(NCc1ccc(CN2CCCC2=O)cc1)NCc1cccc(F)c1.I. The van der Waals surface area contributed by atoms with E-state index in [0.717, 1.165) is 29.7 Å². The summed E-state index contributed by atoms with van der Waals surface area (Å²) in [5.74, 6) is 0.660. The maximum absolute atomic E-state index is 13.2. The van der Waals surface area contributed by atoms with Gasteiger partial charge in [-0.3, -0.25) is 9.79 Å². The third kappa shape index (κ3) is 6.47. The number of hydrogen-bond donors (Lipinski definition) is 2. The largest absolute Gasteiger partial charge is 0.352 e. The van der Waals surface area contributed by atoms with Crippen LogP contribution in [-0.2, 0) is 24.4 Å². The maximum Gasteiger partial charge on any atom is 0.222 e. The van der Waals surface area contributed by atoms with Crippen LogP contribution in [0.2, 0.25) is 0 Å². The molecule has 3 rings (SSSR count). The summed E-state index contributed by atoms with van der Waals surface area (Å²) in [7, 11) is 1.71. The maximum atomic E-state index is 13.2. The second-order valence-corrected chi connectivity index (χ2v) is 6.64. The first-order valence-electron chi connectivity index (χ1n) is 9.18. The minimum atomic E-state index is -0.243. The standard InChI is InChI=1S/C21H25FN4O.HI/c1-23-21(25-14-18-4-2-5-19(22)12-18)24-13-16-7-9-17(10-8-16)15-26-11-3-6-20(26)27;/h2,4-5,7-10,12H,3,6,11,13-15H2,1H3,(H2,23,24,25);1H. The van der Waals surface area contributed by atoms with Crippen molar-refractivity contribution in [3.05, 3.63) is 71.0 Å². The molecule has 1 saturated heterocycles. The van der Waals surface area contributed by atoms with Gasteiger partial charge in [0.2, 0.25) is 5.91 Å². The van der Waals surface area contributed by atoms with E-state index in [1.54, 1.807) is 13.1 Å². The number of benzene rings is 2. The molecule has 1 fully saturated rings. The Balaban J connectivity index is 0.00000280. The molecule has 28 heavy (non-hydrogen) atoms. The summed E-state index contributed by atoms with van der Waals surface area (Å²) < 4.78 is 13.2. The minimum Gasteiger partial charge on any atom is -0.352 e. The topological polar surface area (TPSA) is 56.7 Å². The van der Waals surface area contributed by atoms with Gasteiger partial charge in [0.05, 0.1) is 0 Å². The van der Waals surface area contributed by atoms with Gasteiger partial charge in [0.25, 0.3) is 0 Å². The van der Waals surface area contributed by atoms with E-state index in [4.69, 9.17) is 0 Å². The lowest BCUT2D eigenvalue weighted by Crippen LogP contribution is -2.36. The average molecular weight is 496 g/mol. The summed E-state index contributed by atoms with van der Waals surface area (Å²) in [6, 6.07) is 14.7. The smallest absolute Gasteiger partial charge is 0.222 e. The predicted octanol–water partition coefficient (Wildman–Crippen LogP) is 3.43.